The fourth-order valence-corrected chi connectivity index (χ4v) is 3.05. The molecule has 1 atom stereocenters. The Morgan fingerprint density at radius 1 is 0.963 bits per heavy atom. The van der Waals surface area contributed by atoms with Crippen molar-refractivity contribution in [3.63, 3.8) is 0 Å². The maximum atomic E-state index is 12.2. The maximum Gasteiger partial charge on any atom is 0.224 e. The number of aryl methyl sites for hydroxylation is 1. The second-order valence-corrected chi connectivity index (χ2v) is 6.77. The predicted molar refractivity (Wildman–Crippen MR) is 108 cm³/mol. The van der Waals surface area contributed by atoms with E-state index in [1.165, 1.54) is 6.92 Å². The van der Waals surface area contributed by atoms with E-state index < -0.39 is 6.10 Å². The minimum Gasteiger partial charge on any atom is -0.388 e. The average Bonchev–Trinajstić information content (AvgIpc) is 2.66. The first-order chi connectivity index (χ1) is 13.0. The van der Waals surface area contributed by atoms with Crippen LogP contribution in [0.5, 0.6) is 0 Å². The fourth-order valence-electron chi connectivity index (χ4n) is 3.05. The molecular formula is C23H23NO3. The molecule has 0 fully saturated rings. The van der Waals surface area contributed by atoms with E-state index in [4.69, 9.17) is 0 Å². The average molecular weight is 361 g/mol. The molecule has 0 spiro atoms. The molecule has 3 rings (SSSR count). The van der Waals surface area contributed by atoms with Gasteiger partial charge in [0.15, 0.2) is 0 Å². The summed E-state index contributed by atoms with van der Waals surface area (Å²) < 4.78 is 0. The van der Waals surface area contributed by atoms with Crippen LogP contribution in [0, 0.1) is 0 Å². The number of hydrogen-bond acceptors (Lipinski definition) is 3. The number of carbonyl (C=O) groups excluding carboxylic acids is 2. The van der Waals surface area contributed by atoms with Gasteiger partial charge in [-0.2, -0.15) is 0 Å². The topological polar surface area (TPSA) is 66.4 Å². The Hall–Kier alpha value is -2.98. The van der Waals surface area contributed by atoms with Crippen LogP contribution < -0.4 is 5.32 Å². The van der Waals surface area contributed by atoms with Gasteiger partial charge in [0, 0.05) is 18.5 Å². The van der Waals surface area contributed by atoms with Gasteiger partial charge in [-0.15, -0.1) is 0 Å². The van der Waals surface area contributed by atoms with Gasteiger partial charge < -0.3 is 10.4 Å². The number of benzene rings is 3. The molecule has 0 saturated heterocycles. The first-order valence-corrected chi connectivity index (χ1v) is 9.06. The Morgan fingerprint density at radius 3 is 2.37 bits per heavy atom. The molecule has 4 nitrogen and oxygen atoms in total. The van der Waals surface area contributed by atoms with Gasteiger partial charge in [0.25, 0.3) is 0 Å². The van der Waals surface area contributed by atoms with E-state index in [0.29, 0.717) is 12.8 Å². The van der Waals surface area contributed by atoms with Crippen LogP contribution in [0.15, 0.2) is 66.7 Å². The van der Waals surface area contributed by atoms with Crippen molar-refractivity contribution in [2.75, 3.05) is 5.32 Å². The van der Waals surface area contributed by atoms with E-state index in [1.54, 1.807) is 0 Å². The number of ketones is 1. The molecule has 27 heavy (non-hydrogen) atoms. The van der Waals surface area contributed by atoms with Crippen molar-refractivity contribution < 1.29 is 14.7 Å². The SMILES string of the molecule is CC(=O)CC(O)c1ccc(CCC(=O)Nc2ccc3ccccc3c2)cc1. The highest BCUT2D eigenvalue weighted by Gasteiger charge is 2.10. The standard InChI is InChI=1S/C23H23NO3/c1-16(25)14-22(26)19-9-6-17(7-10-19)8-13-23(27)24-21-12-11-18-4-2-3-5-20(18)15-21/h2-7,9-12,15,22,26H,8,13-14H2,1H3,(H,24,27). The molecule has 3 aromatic rings. The molecule has 0 aliphatic carbocycles. The van der Waals surface area contributed by atoms with Crippen molar-refractivity contribution in [3.05, 3.63) is 77.9 Å². The van der Waals surface area contributed by atoms with Crippen LogP contribution in [0.2, 0.25) is 0 Å². The highest BCUT2D eigenvalue weighted by Crippen LogP contribution is 2.20. The Morgan fingerprint density at radius 2 is 1.67 bits per heavy atom. The number of rotatable bonds is 7. The molecule has 3 aromatic carbocycles. The zero-order valence-corrected chi connectivity index (χ0v) is 15.3. The molecule has 4 heteroatoms. The van der Waals surface area contributed by atoms with E-state index in [1.807, 2.05) is 66.7 Å². The summed E-state index contributed by atoms with van der Waals surface area (Å²) in [5, 5.41) is 15.1. The largest absolute Gasteiger partial charge is 0.388 e. The van der Waals surface area contributed by atoms with E-state index in [2.05, 4.69) is 5.32 Å². The number of aliphatic hydroxyl groups excluding tert-OH is 1. The second-order valence-electron chi connectivity index (χ2n) is 6.77. The van der Waals surface area contributed by atoms with Gasteiger partial charge in [-0.3, -0.25) is 9.59 Å². The normalized spacial score (nSPS) is 11.9. The van der Waals surface area contributed by atoms with E-state index in [9.17, 15) is 14.7 Å². The number of amides is 1. The van der Waals surface area contributed by atoms with Gasteiger partial charge in [-0.25, -0.2) is 0 Å². The number of fused-ring (bicyclic) bond motifs is 1. The van der Waals surface area contributed by atoms with Gasteiger partial charge in [0.1, 0.15) is 5.78 Å². The summed E-state index contributed by atoms with van der Waals surface area (Å²) in [6.07, 6.45) is 0.339. The molecule has 1 unspecified atom stereocenters. The molecule has 0 aromatic heterocycles. The number of aliphatic hydroxyl groups is 1. The third-order valence-corrected chi connectivity index (χ3v) is 4.52. The summed E-state index contributed by atoms with van der Waals surface area (Å²) in [4.78, 5) is 23.3. The summed E-state index contributed by atoms with van der Waals surface area (Å²) in [5.41, 5.74) is 2.53. The van der Waals surface area contributed by atoms with Crippen LogP contribution in [-0.4, -0.2) is 16.8 Å². The highest BCUT2D eigenvalue weighted by atomic mass is 16.3. The summed E-state index contributed by atoms with van der Waals surface area (Å²) in [7, 11) is 0. The maximum absolute atomic E-state index is 12.2. The summed E-state index contributed by atoms with van der Waals surface area (Å²) in [6, 6.07) is 21.3. The minimum absolute atomic E-state index is 0.0361. The van der Waals surface area contributed by atoms with Crippen LogP contribution in [0.25, 0.3) is 10.8 Å². The quantitative estimate of drug-likeness (QED) is 0.654. The van der Waals surface area contributed by atoms with Crippen LogP contribution in [0.1, 0.15) is 37.0 Å². The third-order valence-electron chi connectivity index (χ3n) is 4.52. The molecule has 0 radical (unpaired) electrons. The number of Topliss-reactive ketones (excluding diaryl/α,β-unsaturated/α-hetero) is 1. The van der Waals surface area contributed by atoms with Crippen LogP contribution >= 0.6 is 0 Å². The van der Waals surface area contributed by atoms with Crippen LogP contribution in [0.3, 0.4) is 0 Å². The molecule has 0 heterocycles. The molecule has 0 aliphatic heterocycles. The molecule has 0 saturated carbocycles. The second kappa shape index (κ2) is 8.60. The first kappa shape index (κ1) is 18.8. The lowest BCUT2D eigenvalue weighted by molar-refractivity contribution is -0.119. The van der Waals surface area contributed by atoms with Crippen molar-refractivity contribution in [1.82, 2.24) is 0 Å². The molecular weight excluding hydrogens is 338 g/mol. The summed E-state index contributed by atoms with van der Waals surface area (Å²) in [5.74, 6) is -0.0806. The lowest BCUT2D eigenvalue weighted by Gasteiger charge is -2.10. The Bertz CT molecular complexity index is 947. The monoisotopic (exact) mass is 361 g/mol. The fraction of sp³-hybridized carbons (Fsp3) is 0.217. The van der Waals surface area contributed by atoms with Crippen LogP contribution in [-0.2, 0) is 16.0 Å². The van der Waals surface area contributed by atoms with Gasteiger partial charge in [-0.05, 0) is 47.4 Å². The van der Waals surface area contributed by atoms with Crippen LogP contribution in [0.4, 0.5) is 5.69 Å². The first-order valence-electron chi connectivity index (χ1n) is 9.06. The van der Waals surface area contributed by atoms with Crippen molar-refractivity contribution in [1.29, 1.82) is 0 Å². The third kappa shape index (κ3) is 5.25. The van der Waals surface area contributed by atoms with Crippen molar-refractivity contribution in [2.24, 2.45) is 0 Å². The summed E-state index contributed by atoms with van der Waals surface area (Å²) >= 11 is 0. The van der Waals surface area contributed by atoms with Crippen molar-refractivity contribution in [2.45, 2.75) is 32.3 Å². The van der Waals surface area contributed by atoms with Gasteiger partial charge >= 0.3 is 0 Å². The number of hydrogen-bond donors (Lipinski definition) is 2. The van der Waals surface area contributed by atoms with Gasteiger partial charge in [0.2, 0.25) is 5.91 Å². The molecule has 2 N–H and O–H groups in total. The number of nitrogens with one attached hydrogen (secondary N) is 1. The zero-order valence-electron chi connectivity index (χ0n) is 15.3. The Kier molecular flexibility index (Phi) is 5.99. The lowest BCUT2D eigenvalue weighted by atomic mass is 10.0. The van der Waals surface area contributed by atoms with Gasteiger partial charge in [0.05, 0.1) is 6.10 Å². The Balaban J connectivity index is 1.54. The predicted octanol–water partition coefficient (Wildman–Crippen LogP) is 4.42. The molecule has 138 valence electrons. The lowest BCUT2D eigenvalue weighted by Crippen LogP contribution is -2.12. The smallest absolute Gasteiger partial charge is 0.224 e. The highest BCUT2D eigenvalue weighted by molar-refractivity contribution is 5.94. The number of anilines is 1. The van der Waals surface area contributed by atoms with E-state index >= 15 is 0 Å². The van der Waals surface area contributed by atoms with Crippen molar-refractivity contribution >= 4 is 28.2 Å². The summed E-state index contributed by atoms with van der Waals surface area (Å²) in [6.45, 7) is 1.46. The van der Waals surface area contributed by atoms with E-state index in [0.717, 1.165) is 27.6 Å². The molecule has 1 amide bonds. The minimum atomic E-state index is -0.771. The van der Waals surface area contributed by atoms with Crippen molar-refractivity contribution in [3.8, 4) is 0 Å². The van der Waals surface area contributed by atoms with E-state index in [-0.39, 0.29) is 18.1 Å². The number of carbonyl (C=O) groups is 2. The molecule has 0 bridgehead atoms. The molecule has 0 aliphatic rings. The Labute approximate surface area is 158 Å². The van der Waals surface area contributed by atoms with Gasteiger partial charge in [-0.1, -0.05) is 54.6 Å². The zero-order chi connectivity index (χ0) is 19.2.